The number of hydrogen-bond donors (Lipinski definition) is 26. The standard InChI is InChI=1S/C58H98N2O43/c1-12-25(67)32(74)38(80)52(89-12)87-10-21-45(47(24(50(86)92-21)60-16(5)66)101-54-40(82)33(75)26(68)13(2)90-54)99-51-23(59-15(4)65)31(73)44(20(9-64)96-51)98-57-43(85)48(102-56-42(84)36(78)29(71)18(7-62)94-56)46(22(97-57)11-88-53-39(81)35(77)28(70)17(6-61)93-53)100-58-49(37(79)30(72)19(8-63)95-58)103-55-41(83)34(76)27(69)14(3)91-55/h12-14,17-58,61-64,67-86H,6-11H2,1-5H3,(H,59,65)(H,60,66)/t12-,13-,14-,17+,18+,19+,20+,21+,22+,23+,24+,25+,26+,27+,28+,29+,30-,31+,32+,33+,34+,35-,36-,37-,38-,39-,40-,41-,42-,43-,44+,45+,46+,47+,48+,49+,50+,51-,52+,53-,54-,55-,56+,57-,58-/m0/s1. The van der Waals surface area contributed by atoms with E-state index in [0.717, 1.165) is 13.8 Å². The fourth-order valence-corrected chi connectivity index (χ4v) is 13.4. The molecule has 0 aliphatic carbocycles. The van der Waals surface area contributed by atoms with E-state index in [-0.39, 0.29) is 0 Å². The van der Waals surface area contributed by atoms with Gasteiger partial charge in [-0.1, -0.05) is 0 Å². The zero-order chi connectivity index (χ0) is 75.8. The lowest BCUT2D eigenvalue weighted by Gasteiger charge is -2.52. The number of aliphatic hydroxyl groups excluding tert-OH is 24. The first-order chi connectivity index (χ1) is 48.6. The van der Waals surface area contributed by atoms with Crippen LogP contribution in [0.5, 0.6) is 0 Å². The Labute approximate surface area is 584 Å². The number of nitrogens with one attached hydrogen (secondary N) is 2. The molecule has 0 bridgehead atoms. The molecule has 0 spiro atoms. The highest BCUT2D eigenvalue weighted by Gasteiger charge is 2.61. The Morgan fingerprint density at radius 1 is 0.272 bits per heavy atom. The van der Waals surface area contributed by atoms with Crippen LogP contribution in [0.2, 0.25) is 0 Å². The van der Waals surface area contributed by atoms with E-state index in [1.807, 2.05) is 0 Å². The zero-order valence-corrected chi connectivity index (χ0v) is 55.7. The summed E-state index contributed by atoms with van der Waals surface area (Å²) in [4.78, 5) is 26.3. The Kier molecular flexibility index (Phi) is 29.5. The Morgan fingerprint density at radius 3 is 1.06 bits per heavy atom. The average Bonchev–Trinajstić information content (AvgIpc) is 0.777. The van der Waals surface area contributed by atoms with Gasteiger partial charge in [-0.2, -0.15) is 0 Å². The molecule has 2 amide bonds. The van der Waals surface area contributed by atoms with Gasteiger partial charge in [0.05, 0.1) is 58.0 Å². The molecule has 0 saturated carbocycles. The molecule has 0 aromatic rings. The molecule has 598 valence electrons. The van der Waals surface area contributed by atoms with E-state index >= 15 is 0 Å². The van der Waals surface area contributed by atoms with Crippen molar-refractivity contribution in [2.24, 2.45) is 0 Å². The average molecular weight is 1510 g/mol. The largest absolute Gasteiger partial charge is 0.394 e. The van der Waals surface area contributed by atoms with Crippen LogP contribution in [0, 0.1) is 0 Å². The molecule has 0 radical (unpaired) electrons. The number of carbonyl (C=O) groups excluding carboxylic acids is 2. The van der Waals surface area contributed by atoms with Gasteiger partial charge in [-0.25, -0.2) is 0 Å². The van der Waals surface area contributed by atoms with Gasteiger partial charge in [-0.3, -0.25) is 9.59 Å². The third-order valence-corrected chi connectivity index (χ3v) is 19.4. The van der Waals surface area contributed by atoms with E-state index < -0.39 is 328 Å². The maximum Gasteiger partial charge on any atom is 0.217 e. The molecule has 0 aromatic heterocycles. The molecule has 9 saturated heterocycles. The summed E-state index contributed by atoms with van der Waals surface area (Å²) < 4.78 is 102. The van der Waals surface area contributed by atoms with Crippen molar-refractivity contribution in [2.45, 2.75) is 311 Å². The molecule has 9 rings (SSSR count). The predicted molar refractivity (Wildman–Crippen MR) is 316 cm³/mol. The summed E-state index contributed by atoms with van der Waals surface area (Å²) in [5.41, 5.74) is 0. The lowest BCUT2D eigenvalue weighted by Crippen LogP contribution is -2.71. The summed E-state index contributed by atoms with van der Waals surface area (Å²) in [6, 6.07) is -3.87. The third kappa shape index (κ3) is 18.2. The number of rotatable bonds is 24. The molecule has 9 aliphatic rings. The van der Waals surface area contributed by atoms with Crippen molar-refractivity contribution in [3.63, 3.8) is 0 Å². The lowest BCUT2D eigenvalue weighted by molar-refractivity contribution is -0.411. The minimum atomic E-state index is -2.58. The Morgan fingerprint density at radius 2 is 0.583 bits per heavy atom. The van der Waals surface area contributed by atoms with Crippen LogP contribution in [0.15, 0.2) is 0 Å². The van der Waals surface area contributed by atoms with E-state index in [1.165, 1.54) is 20.8 Å². The Bertz CT molecular complexity index is 2660. The second-order valence-corrected chi connectivity index (χ2v) is 26.7. The lowest BCUT2D eigenvalue weighted by atomic mass is 9.93. The number of amides is 2. The summed E-state index contributed by atoms with van der Waals surface area (Å²) in [7, 11) is 0. The number of carbonyl (C=O) groups is 2. The molecule has 9 fully saturated rings. The molecule has 0 unspecified atom stereocenters. The topological polar surface area (TPSA) is 701 Å². The predicted octanol–water partition coefficient (Wildman–Crippen LogP) is -17.3. The van der Waals surface area contributed by atoms with Crippen molar-refractivity contribution in [1.29, 1.82) is 0 Å². The normalized spacial score (nSPS) is 52.3. The first kappa shape index (κ1) is 84.3. The fraction of sp³-hybridized carbons (Fsp3) is 0.966. The highest BCUT2D eigenvalue weighted by atomic mass is 16.8. The molecule has 45 heteroatoms. The second-order valence-electron chi connectivity index (χ2n) is 26.7. The van der Waals surface area contributed by atoms with E-state index in [1.54, 1.807) is 0 Å². The molecule has 45 nitrogen and oxygen atoms in total. The molecular formula is C58H98N2O43. The highest BCUT2D eigenvalue weighted by molar-refractivity contribution is 5.73. The monoisotopic (exact) mass is 1510 g/mol. The zero-order valence-electron chi connectivity index (χ0n) is 55.7. The maximum absolute atomic E-state index is 13.4. The fourth-order valence-electron chi connectivity index (χ4n) is 13.4. The minimum absolute atomic E-state index is 0.878. The van der Waals surface area contributed by atoms with E-state index in [0.29, 0.717) is 0 Å². The van der Waals surface area contributed by atoms with Crippen LogP contribution in [0.1, 0.15) is 34.6 Å². The van der Waals surface area contributed by atoms with E-state index in [9.17, 15) is 132 Å². The molecular weight excluding hydrogens is 1410 g/mol. The van der Waals surface area contributed by atoms with E-state index in [4.69, 9.17) is 80.5 Å². The molecule has 103 heavy (non-hydrogen) atoms. The number of ether oxygens (including phenoxy) is 17. The smallest absolute Gasteiger partial charge is 0.217 e. The molecule has 9 heterocycles. The first-order valence-electron chi connectivity index (χ1n) is 33.2. The second kappa shape index (κ2) is 36.0. The van der Waals surface area contributed by atoms with Crippen LogP contribution in [0.4, 0.5) is 0 Å². The summed E-state index contributed by atoms with van der Waals surface area (Å²) in [5, 5.41) is 270. The van der Waals surface area contributed by atoms with Gasteiger partial charge in [0.1, 0.15) is 201 Å². The Balaban J connectivity index is 1.10. The Hall–Kier alpha value is -2.70. The molecule has 0 aromatic carbocycles. The maximum atomic E-state index is 13.4. The van der Waals surface area contributed by atoms with Crippen LogP contribution in [-0.2, 0) is 90.1 Å². The molecule has 45 atom stereocenters. The highest BCUT2D eigenvalue weighted by Crippen LogP contribution is 2.40. The SMILES string of the molecule is CC(=O)N[C@@H]1[C@@H](O[C@@H]2O[C@@H](C)[C@@H](O)[C@@H](O)[C@@H]2O)[C@H](O[C@@H]2O[C@H](CO)[C@@H](O[C@@H]3O[C@H](CO[C@H]4O[C@H](CO)[C@@H](O)[C@H](O)[C@@H]4O)[C@@H](O[C@@H]4O[C@H](CO)[C@H](O)[C@H](O)[C@H]4O[C@@H]4O[C@@H](C)[C@@H](O)[C@@H](O)[C@@H]4O)[C@H](O[C@H]4O[C@H](CO)[C@@H](O)[C@H](O)[C@@H]4O)[C@@H]3O)[C@H](O)[C@H]2NC(C)=O)[C@@H](CO[C@@H]2O[C@@H](C)[C@@H](O)[C@@H](O)[C@@H]2O)O[C@H]1O. The van der Waals surface area contributed by atoms with Crippen LogP contribution >= 0.6 is 0 Å². The first-order valence-corrected chi connectivity index (χ1v) is 33.2. The molecule has 9 aliphatic heterocycles. The van der Waals surface area contributed by atoms with Crippen molar-refractivity contribution in [1.82, 2.24) is 10.6 Å². The van der Waals surface area contributed by atoms with Gasteiger partial charge < -0.3 is 214 Å². The van der Waals surface area contributed by atoms with Gasteiger partial charge in [0.2, 0.25) is 11.8 Å². The number of aliphatic hydroxyl groups is 24. The van der Waals surface area contributed by atoms with Gasteiger partial charge in [-0.05, 0) is 20.8 Å². The van der Waals surface area contributed by atoms with Gasteiger partial charge in [0, 0.05) is 13.8 Å². The van der Waals surface area contributed by atoms with Gasteiger partial charge in [0.15, 0.2) is 56.6 Å². The third-order valence-electron chi connectivity index (χ3n) is 19.4. The van der Waals surface area contributed by atoms with Gasteiger partial charge in [-0.15, -0.1) is 0 Å². The molecule has 26 N–H and O–H groups in total. The number of hydrogen-bond acceptors (Lipinski definition) is 43. The summed E-state index contributed by atoms with van der Waals surface area (Å²) in [6.45, 7) is -0.752. The van der Waals surface area contributed by atoms with Crippen molar-refractivity contribution in [3.8, 4) is 0 Å². The van der Waals surface area contributed by atoms with Gasteiger partial charge >= 0.3 is 0 Å². The van der Waals surface area contributed by atoms with Gasteiger partial charge in [0.25, 0.3) is 0 Å². The summed E-state index contributed by atoms with van der Waals surface area (Å²) in [6.07, 6.45) is -86.7. The quantitative estimate of drug-likeness (QED) is 0.0427. The van der Waals surface area contributed by atoms with Crippen molar-refractivity contribution in [3.05, 3.63) is 0 Å². The van der Waals surface area contributed by atoms with Crippen LogP contribution in [0.3, 0.4) is 0 Å². The van der Waals surface area contributed by atoms with Crippen LogP contribution in [-0.4, -0.2) is 450 Å². The summed E-state index contributed by atoms with van der Waals surface area (Å²) >= 11 is 0. The van der Waals surface area contributed by atoms with Crippen LogP contribution < -0.4 is 10.6 Å². The summed E-state index contributed by atoms with van der Waals surface area (Å²) in [5.74, 6) is -1.87. The van der Waals surface area contributed by atoms with Crippen molar-refractivity contribution < 1.29 is 213 Å². The van der Waals surface area contributed by atoms with E-state index in [2.05, 4.69) is 10.6 Å². The minimum Gasteiger partial charge on any atom is -0.394 e. The van der Waals surface area contributed by atoms with Crippen molar-refractivity contribution in [2.75, 3.05) is 39.6 Å². The van der Waals surface area contributed by atoms with Crippen LogP contribution in [0.25, 0.3) is 0 Å². The van der Waals surface area contributed by atoms with Crippen molar-refractivity contribution >= 4 is 11.8 Å².